The van der Waals surface area contributed by atoms with Crippen LogP contribution in [0.3, 0.4) is 0 Å². The molecule has 4 aromatic rings. The van der Waals surface area contributed by atoms with Crippen molar-refractivity contribution in [3.8, 4) is 0 Å². The van der Waals surface area contributed by atoms with Gasteiger partial charge in [0, 0.05) is 6.61 Å². The zero-order chi connectivity index (χ0) is 43.7. The summed E-state index contributed by atoms with van der Waals surface area (Å²) in [7, 11) is -4.28. The number of unbranched alkanes of at least 4 members (excludes halogenated alkanes) is 5. The first-order chi connectivity index (χ1) is 30.1. The van der Waals surface area contributed by atoms with Crippen LogP contribution >= 0.6 is 0 Å². The Morgan fingerprint density at radius 1 is 0.565 bits per heavy atom. The summed E-state index contributed by atoms with van der Waals surface area (Å²) in [6.07, 6.45) is -7.27. The van der Waals surface area contributed by atoms with Gasteiger partial charge >= 0.3 is 0 Å². The van der Waals surface area contributed by atoms with Gasteiger partial charge in [0.2, 0.25) is 0 Å². The maximum absolute atomic E-state index is 15.8. The first-order valence-electron chi connectivity index (χ1n) is 21.6. The van der Waals surface area contributed by atoms with E-state index >= 15 is 4.39 Å². The van der Waals surface area contributed by atoms with Crippen LogP contribution < -0.4 is 0 Å². The van der Waals surface area contributed by atoms with Crippen molar-refractivity contribution in [1.29, 1.82) is 0 Å². The summed E-state index contributed by atoms with van der Waals surface area (Å²) in [5.41, 5.74) is 3.59. The number of aliphatic hydroxyl groups is 2. The van der Waals surface area contributed by atoms with Crippen LogP contribution in [0.1, 0.15) is 67.7 Å². The standard InChI is InChI=1S/C48H61FO12S/c1-3-4-5-6-7-17-28-54-48-46(57-31-37-22-15-10-16-23-37)45(56-30-36-20-13-9-14-21-36)44(55-29-35-18-11-8-12-19-35)40(61-48)32-58-47-41(49)43(51)42(50)39(60-47)33-59-62(52,53)38-26-24-34(2)25-27-38/h8-16,18-27,39-48,50-51H,3-7,17,28-33H2,1-2H3/t39-,40-,41+,42-,43-,44-,45+,46+,47+,48+/m1/s1. The third kappa shape index (κ3) is 13.9. The Kier molecular flexibility index (Phi) is 18.8. The third-order valence-corrected chi connectivity index (χ3v) is 12.3. The summed E-state index contributed by atoms with van der Waals surface area (Å²) in [5.74, 6) is 0. The highest BCUT2D eigenvalue weighted by atomic mass is 32.2. The molecule has 6 rings (SSSR count). The molecular formula is C48H61FO12S. The number of alkyl halides is 1. The number of hydrogen-bond donors (Lipinski definition) is 2. The van der Waals surface area contributed by atoms with Gasteiger partial charge in [-0.3, -0.25) is 4.18 Å². The monoisotopic (exact) mass is 880 g/mol. The minimum Gasteiger partial charge on any atom is -0.387 e. The van der Waals surface area contributed by atoms with E-state index < -0.39 is 78.2 Å². The van der Waals surface area contributed by atoms with Gasteiger partial charge in [-0.25, -0.2) is 4.39 Å². The van der Waals surface area contributed by atoms with E-state index in [4.69, 9.17) is 37.3 Å². The van der Waals surface area contributed by atoms with E-state index in [2.05, 4.69) is 6.92 Å². The van der Waals surface area contributed by atoms with Crippen molar-refractivity contribution >= 4 is 10.1 Å². The quantitative estimate of drug-likeness (QED) is 0.0535. The minimum absolute atomic E-state index is 0.107. The summed E-state index contributed by atoms with van der Waals surface area (Å²) in [6, 6.07) is 35.0. The van der Waals surface area contributed by atoms with Crippen LogP contribution in [0, 0.1) is 6.92 Å². The Bertz CT molecular complexity index is 1960. The molecule has 14 heteroatoms. The summed E-state index contributed by atoms with van der Waals surface area (Å²) in [5, 5.41) is 21.6. The van der Waals surface area contributed by atoms with Gasteiger partial charge in [-0.15, -0.1) is 0 Å². The lowest BCUT2D eigenvalue weighted by Gasteiger charge is -2.46. The SMILES string of the molecule is CCCCCCCCO[C@H]1O[C@H](CO[C@H]2O[C@H](COS(=O)(=O)c3ccc(C)cc3)[C@@H](O)[C@H](O)[C@@H]2F)[C@@H](OCc2ccccc2)[C@H](OCc2ccccc2)[C@@H]1OCc1ccccc1. The Morgan fingerprint density at radius 3 is 1.66 bits per heavy atom. The summed E-state index contributed by atoms with van der Waals surface area (Å²) in [4.78, 5) is -0.107. The number of rotatable bonds is 24. The second kappa shape index (κ2) is 24.4. The highest BCUT2D eigenvalue weighted by Gasteiger charge is 2.51. The van der Waals surface area contributed by atoms with Crippen molar-refractivity contribution in [2.24, 2.45) is 0 Å². The third-order valence-electron chi connectivity index (χ3n) is 11.0. The second-order valence-corrected chi connectivity index (χ2v) is 17.4. The van der Waals surface area contributed by atoms with E-state index in [9.17, 15) is 18.6 Å². The van der Waals surface area contributed by atoms with Crippen molar-refractivity contribution in [3.05, 3.63) is 138 Å². The molecule has 2 aliphatic rings. The van der Waals surface area contributed by atoms with Crippen molar-refractivity contribution in [1.82, 2.24) is 0 Å². The number of aliphatic hydroxyl groups excluding tert-OH is 2. The van der Waals surface area contributed by atoms with E-state index in [1.807, 2.05) is 97.9 Å². The van der Waals surface area contributed by atoms with Crippen LogP contribution in [0.15, 0.2) is 120 Å². The number of aryl methyl sites for hydroxylation is 1. The number of halogens is 1. The highest BCUT2D eigenvalue weighted by Crippen LogP contribution is 2.33. The lowest BCUT2D eigenvalue weighted by molar-refractivity contribution is -0.341. The average Bonchev–Trinajstić information content (AvgIpc) is 3.29. The van der Waals surface area contributed by atoms with E-state index in [1.54, 1.807) is 12.1 Å². The van der Waals surface area contributed by atoms with Crippen LogP contribution in [-0.2, 0) is 67.3 Å². The predicted molar refractivity (Wildman–Crippen MR) is 229 cm³/mol. The average molecular weight is 881 g/mol. The topological polar surface area (TPSA) is 148 Å². The van der Waals surface area contributed by atoms with Crippen LogP contribution in [0.25, 0.3) is 0 Å². The highest BCUT2D eigenvalue weighted by molar-refractivity contribution is 7.86. The Labute approximate surface area is 365 Å². The van der Waals surface area contributed by atoms with Gasteiger partial charge in [-0.2, -0.15) is 8.42 Å². The van der Waals surface area contributed by atoms with Crippen molar-refractivity contribution in [2.75, 3.05) is 19.8 Å². The van der Waals surface area contributed by atoms with E-state index in [0.29, 0.717) is 6.61 Å². The molecule has 0 saturated carbocycles. The van der Waals surface area contributed by atoms with Crippen molar-refractivity contribution < 1.29 is 60.4 Å². The Hall–Kier alpha value is -3.64. The molecule has 2 N–H and O–H groups in total. The zero-order valence-corrected chi connectivity index (χ0v) is 36.3. The van der Waals surface area contributed by atoms with Gasteiger partial charge in [0.05, 0.1) is 37.9 Å². The molecule has 0 amide bonds. The summed E-state index contributed by atoms with van der Waals surface area (Å²) < 4.78 is 92.1. The maximum atomic E-state index is 15.8. The molecule has 338 valence electrons. The zero-order valence-electron chi connectivity index (χ0n) is 35.5. The summed E-state index contributed by atoms with van der Waals surface area (Å²) >= 11 is 0. The molecule has 2 aliphatic heterocycles. The molecule has 0 radical (unpaired) electrons. The van der Waals surface area contributed by atoms with Crippen LogP contribution in [0.2, 0.25) is 0 Å². The fourth-order valence-corrected chi connectivity index (χ4v) is 8.30. The van der Waals surface area contributed by atoms with Gasteiger partial charge in [0.1, 0.15) is 42.7 Å². The molecule has 2 saturated heterocycles. The largest absolute Gasteiger partial charge is 0.387 e. The van der Waals surface area contributed by atoms with Gasteiger partial charge < -0.3 is 43.4 Å². The van der Waals surface area contributed by atoms with Gasteiger partial charge in [-0.05, 0) is 42.2 Å². The van der Waals surface area contributed by atoms with Crippen molar-refractivity contribution in [2.45, 2.75) is 139 Å². The molecule has 0 spiro atoms. The predicted octanol–water partition coefficient (Wildman–Crippen LogP) is 7.36. The number of benzene rings is 4. The molecule has 2 fully saturated rings. The molecular weight excluding hydrogens is 820 g/mol. The first-order valence-corrected chi connectivity index (χ1v) is 23.0. The van der Waals surface area contributed by atoms with Crippen molar-refractivity contribution in [3.63, 3.8) is 0 Å². The molecule has 10 atom stereocenters. The van der Waals surface area contributed by atoms with Gasteiger partial charge in [0.25, 0.3) is 10.1 Å². The Morgan fingerprint density at radius 2 is 1.08 bits per heavy atom. The second-order valence-electron chi connectivity index (χ2n) is 15.8. The molecule has 4 aromatic carbocycles. The number of hydrogen-bond acceptors (Lipinski definition) is 12. The number of ether oxygens (including phenoxy) is 7. The fourth-order valence-electron chi connectivity index (χ4n) is 7.38. The Balaban J connectivity index is 1.25. The maximum Gasteiger partial charge on any atom is 0.297 e. The van der Waals surface area contributed by atoms with Gasteiger partial charge in [0.15, 0.2) is 18.8 Å². The fraction of sp³-hybridized carbons (Fsp3) is 0.500. The molecule has 2 heterocycles. The lowest BCUT2D eigenvalue weighted by Crippen LogP contribution is -2.63. The first kappa shape index (κ1) is 47.8. The molecule has 62 heavy (non-hydrogen) atoms. The molecule has 0 aromatic heterocycles. The molecule has 12 nitrogen and oxygen atoms in total. The van der Waals surface area contributed by atoms with E-state index in [-0.39, 0.29) is 31.3 Å². The molecule has 0 unspecified atom stereocenters. The lowest BCUT2D eigenvalue weighted by atomic mass is 9.97. The van der Waals surface area contributed by atoms with E-state index in [0.717, 1.165) is 54.4 Å². The van der Waals surface area contributed by atoms with E-state index in [1.165, 1.54) is 18.6 Å². The normalized spacial score (nSPS) is 26.7. The minimum atomic E-state index is -4.28. The summed E-state index contributed by atoms with van der Waals surface area (Å²) in [6.45, 7) is 3.92. The molecule has 0 bridgehead atoms. The molecule has 0 aliphatic carbocycles. The van der Waals surface area contributed by atoms with Crippen LogP contribution in [0.5, 0.6) is 0 Å². The van der Waals surface area contributed by atoms with Crippen LogP contribution in [0.4, 0.5) is 4.39 Å². The van der Waals surface area contributed by atoms with Crippen LogP contribution in [-0.4, -0.2) is 99.9 Å². The smallest absolute Gasteiger partial charge is 0.297 e. The van der Waals surface area contributed by atoms with Gasteiger partial charge in [-0.1, -0.05) is 148 Å².